The number of hydrogen-bond donors (Lipinski definition) is 3. The second-order valence-electron chi connectivity index (χ2n) is 8.99. The number of nitrogens with zero attached hydrogens (tertiary/aromatic N) is 3. The number of aromatic nitrogens is 1. The Morgan fingerprint density at radius 2 is 1.38 bits per heavy atom. The topological polar surface area (TPSA) is 140 Å². The van der Waals surface area contributed by atoms with Crippen LogP contribution in [0.25, 0.3) is 10.9 Å². The van der Waals surface area contributed by atoms with E-state index in [-0.39, 0.29) is 11.8 Å². The first-order valence-corrected chi connectivity index (χ1v) is 11.1. The monoisotopic (exact) mass is 571 g/mol. The number of aromatic hydroxyl groups is 1. The number of amides is 1. The molecule has 218 valence electrons. The van der Waals surface area contributed by atoms with Crippen molar-refractivity contribution in [3.63, 3.8) is 0 Å². The molecule has 2 aromatic rings. The zero-order chi connectivity index (χ0) is 30.2. The largest absolute Gasteiger partial charge is 0.506 e. The van der Waals surface area contributed by atoms with Crippen LogP contribution in [-0.4, -0.2) is 92.3 Å². The third-order valence-corrected chi connectivity index (χ3v) is 4.74. The van der Waals surface area contributed by atoms with Gasteiger partial charge in [-0.2, -0.15) is 26.3 Å². The highest BCUT2D eigenvalue weighted by Crippen LogP contribution is 2.26. The van der Waals surface area contributed by atoms with Gasteiger partial charge in [-0.05, 0) is 38.5 Å². The lowest BCUT2D eigenvalue weighted by atomic mass is 10.1. The number of carbonyl (C=O) groups excluding carboxylic acids is 1. The van der Waals surface area contributed by atoms with Crippen LogP contribution in [0.3, 0.4) is 0 Å². The normalized spacial score (nSPS) is 14.4. The van der Waals surface area contributed by atoms with Crippen LogP contribution in [0.4, 0.5) is 31.1 Å². The Bertz CT molecular complexity index is 1120. The third kappa shape index (κ3) is 11.6. The van der Waals surface area contributed by atoms with Gasteiger partial charge in [0.15, 0.2) is 0 Å². The summed E-state index contributed by atoms with van der Waals surface area (Å²) in [6.07, 6.45) is -8.72. The van der Waals surface area contributed by atoms with E-state index in [0.717, 1.165) is 30.6 Å². The minimum atomic E-state index is -5.08. The molecular weight excluding hydrogens is 544 g/mol. The fourth-order valence-corrected chi connectivity index (χ4v) is 3.01. The number of phenols is 1. The second kappa shape index (κ2) is 13.3. The molecule has 10 nitrogen and oxygen atoms in total. The average Bonchev–Trinajstić information content (AvgIpc) is 2.80. The highest BCUT2D eigenvalue weighted by Gasteiger charge is 2.38. The molecular formula is C23H27F6N3O7. The molecule has 1 aliphatic rings. The number of halogens is 6. The Labute approximate surface area is 218 Å². The number of benzene rings is 1. The smallest absolute Gasteiger partial charge is 0.490 e. The molecule has 1 saturated heterocycles. The molecule has 0 unspecified atom stereocenters. The van der Waals surface area contributed by atoms with Gasteiger partial charge in [0.1, 0.15) is 16.9 Å². The van der Waals surface area contributed by atoms with Crippen molar-refractivity contribution < 1.29 is 60.8 Å². The average molecular weight is 571 g/mol. The van der Waals surface area contributed by atoms with Crippen LogP contribution in [0.2, 0.25) is 0 Å². The first-order valence-electron chi connectivity index (χ1n) is 11.1. The molecule has 0 aliphatic carbocycles. The van der Waals surface area contributed by atoms with Crippen LogP contribution in [-0.2, 0) is 20.9 Å². The number of carboxylic acid groups (broad SMARTS) is 2. The number of carboxylic acids is 2. The standard InChI is InChI=1S/C19H25N3O3.2C2HF3O2/c1-19(2,3)25-18(24)22-11-9-21(10-12-22)13-14-6-7-16(23)17-15(14)5-4-8-20-17;2*3-2(4,5)1(6)7/h4-8,23H,9-13H2,1-3H3;2*(H,6,7). The van der Waals surface area contributed by atoms with Crippen molar-refractivity contribution >= 4 is 28.9 Å². The number of aliphatic carboxylic acids is 2. The minimum absolute atomic E-state index is 0.203. The SMILES string of the molecule is CC(C)(C)OC(=O)N1CCN(Cc2ccc(O)c3ncccc23)CC1.O=C(O)C(F)(F)F.O=C(O)C(F)(F)F. The number of pyridine rings is 1. The first-order chi connectivity index (χ1) is 17.7. The van der Waals surface area contributed by atoms with E-state index in [4.69, 9.17) is 24.5 Å². The van der Waals surface area contributed by atoms with Gasteiger partial charge in [-0.15, -0.1) is 0 Å². The molecule has 16 heteroatoms. The molecule has 3 N–H and O–H groups in total. The molecule has 1 aromatic carbocycles. The molecule has 1 fully saturated rings. The van der Waals surface area contributed by atoms with Crippen molar-refractivity contribution in [2.75, 3.05) is 26.2 Å². The molecule has 0 saturated carbocycles. The molecule has 1 aliphatic heterocycles. The number of hydrogen-bond acceptors (Lipinski definition) is 7. The van der Waals surface area contributed by atoms with Crippen molar-refractivity contribution in [2.45, 2.75) is 45.3 Å². The van der Waals surface area contributed by atoms with E-state index in [1.807, 2.05) is 39.0 Å². The predicted molar refractivity (Wildman–Crippen MR) is 124 cm³/mol. The Hall–Kier alpha value is -3.82. The number of rotatable bonds is 2. The van der Waals surface area contributed by atoms with Gasteiger partial charge in [-0.3, -0.25) is 9.88 Å². The lowest BCUT2D eigenvalue weighted by Crippen LogP contribution is -2.49. The summed E-state index contributed by atoms with van der Waals surface area (Å²) in [6, 6.07) is 7.50. The van der Waals surface area contributed by atoms with Crippen LogP contribution in [0.5, 0.6) is 5.75 Å². The molecule has 0 radical (unpaired) electrons. The summed E-state index contributed by atoms with van der Waals surface area (Å²) < 4.78 is 68.9. The van der Waals surface area contributed by atoms with Crippen LogP contribution in [0, 0.1) is 0 Å². The quantitative estimate of drug-likeness (QED) is 0.451. The van der Waals surface area contributed by atoms with Crippen molar-refractivity contribution in [1.29, 1.82) is 0 Å². The van der Waals surface area contributed by atoms with E-state index in [0.29, 0.717) is 18.6 Å². The van der Waals surface area contributed by atoms with Crippen LogP contribution in [0.1, 0.15) is 26.3 Å². The van der Waals surface area contributed by atoms with E-state index >= 15 is 0 Å². The summed E-state index contributed by atoms with van der Waals surface area (Å²) in [7, 11) is 0. The summed E-state index contributed by atoms with van der Waals surface area (Å²) in [6.45, 7) is 9.31. The fourth-order valence-electron chi connectivity index (χ4n) is 3.01. The minimum Gasteiger partial charge on any atom is -0.506 e. The maximum absolute atomic E-state index is 12.1. The highest BCUT2D eigenvalue weighted by atomic mass is 19.4. The number of phenolic OH excluding ortho intramolecular Hbond substituents is 1. The fraction of sp³-hybridized carbons (Fsp3) is 0.478. The highest BCUT2D eigenvalue weighted by molar-refractivity contribution is 5.87. The van der Waals surface area contributed by atoms with Gasteiger partial charge in [-0.1, -0.05) is 12.1 Å². The maximum Gasteiger partial charge on any atom is 0.490 e. The molecule has 0 atom stereocenters. The first kappa shape index (κ1) is 33.2. The Morgan fingerprint density at radius 3 is 1.82 bits per heavy atom. The van der Waals surface area contributed by atoms with Gasteiger partial charge in [0.05, 0.1) is 0 Å². The summed E-state index contributed by atoms with van der Waals surface area (Å²) >= 11 is 0. The summed E-state index contributed by atoms with van der Waals surface area (Å²) in [5, 5.41) is 25.2. The van der Waals surface area contributed by atoms with E-state index in [1.165, 1.54) is 0 Å². The zero-order valence-electron chi connectivity index (χ0n) is 21.0. The van der Waals surface area contributed by atoms with Crippen LogP contribution >= 0.6 is 0 Å². The van der Waals surface area contributed by atoms with E-state index < -0.39 is 29.9 Å². The number of fused-ring (bicyclic) bond motifs is 1. The van der Waals surface area contributed by atoms with Gasteiger partial charge >= 0.3 is 30.4 Å². The molecule has 0 bridgehead atoms. The Morgan fingerprint density at radius 1 is 0.897 bits per heavy atom. The van der Waals surface area contributed by atoms with Crippen LogP contribution in [0.15, 0.2) is 30.5 Å². The summed E-state index contributed by atoms with van der Waals surface area (Å²) in [5.41, 5.74) is 1.30. The van der Waals surface area contributed by atoms with E-state index in [1.54, 1.807) is 17.2 Å². The van der Waals surface area contributed by atoms with Gasteiger partial charge in [-0.25, -0.2) is 14.4 Å². The third-order valence-electron chi connectivity index (χ3n) is 4.74. The Balaban J connectivity index is 0.000000449. The van der Waals surface area contributed by atoms with Crippen LogP contribution < -0.4 is 0 Å². The van der Waals surface area contributed by atoms with Gasteiger partial charge in [0, 0.05) is 44.3 Å². The number of piperazine rings is 1. The lowest BCUT2D eigenvalue weighted by Gasteiger charge is -2.35. The molecule has 0 spiro atoms. The molecule has 39 heavy (non-hydrogen) atoms. The van der Waals surface area contributed by atoms with Crippen molar-refractivity contribution in [2.24, 2.45) is 0 Å². The van der Waals surface area contributed by atoms with E-state index in [9.17, 15) is 36.2 Å². The lowest BCUT2D eigenvalue weighted by molar-refractivity contribution is -0.193. The summed E-state index contributed by atoms with van der Waals surface area (Å²) in [5.74, 6) is -5.31. The molecule has 3 rings (SSSR count). The summed E-state index contributed by atoms with van der Waals surface area (Å²) in [4.78, 5) is 38.3. The van der Waals surface area contributed by atoms with Gasteiger partial charge in [0.2, 0.25) is 0 Å². The van der Waals surface area contributed by atoms with E-state index in [2.05, 4.69) is 9.88 Å². The predicted octanol–water partition coefficient (Wildman–Crippen LogP) is 4.26. The number of alkyl halides is 6. The maximum atomic E-state index is 12.1. The second-order valence-corrected chi connectivity index (χ2v) is 8.99. The van der Waals surface area contributed by atoms with Gasteiger partial charge < -0.3 is 25.0 Å². The van der Waals surface area contributed by atoms with Gasteiger partial charge in [0.25, 0.3) is 0 Å². The number of ether oxygens (including phenoxy) is 1. The molecule has 2 heterocycles. The van der Waals surface area contributed by atoms with Crippen molar-refractivity contribution in [3.8, 4) is 5.75 Å². The van der Waals surface area contributed by atoms with Crippen molar-refractivity contribution in [3.05, 3.63) is 36.0 Å². The molecule has 1 aromatic heterocycles. The molecule has 1 amide bonds. The number of carbonyl (C=O) groups is 3. The zero-order valence-corrected chi connectivity index (χ0v) is 21.0. The Kier molecular flexibility index (Phi) is 11.3. The van der Waals surface area contributed by atoms with Crippen molar-refractivity contribution in [1.82, 2.24) is 14.8 Å².